The van der Waals surface area contributed by atoms with Crippen molar-refractivity contribution in [1.82, 2.24) is 20.3 Å². The summed E-state index contributed by atoms with van der Waals surface area (Å²) in [6.45, 7) is 3.88. The van der Waals surface area contributed by atoms with Crippen LogP contribution in [-0.4, -0.2) is 20.9 Å². The van der Waals surface area contributed by atoms with Crippen LogP contribution in [0.5, 0.6) is 0 Å². The van der Waals surface area contributed by atoms with Crippen molar-refractivity contribution in [2.75, 3.05) is 5.73 Å². The minimum Gasteiger partial charge on any atom is -0.396 e. The van der Waals surface area contributed by atoms with Crippen molar-refractivity contribution in [3.63, 3.8) is 0 Å². The third kappa shape index (κ3) is 2.59. The van der Waals surface area contributed by atoms with Crippen molar-refractivity contribution in [1.29, 1.82) is 0 Å². The lowest BCUT2D eigenvalue weighted by molar-refractivity contribution is 0.0945. The standard InChI is InChI=1S/C13H13N5OS2/c1-6-5-17-12(20-6)7(2)18-11(19)10-8(14)9-13(21-10)16-4-3-15-9/h3-5,7H,14H2,1-2H3,(H,18,19). The number of hydrogen-bond donors (Lipinski definition) is 2. The van der Waals surface area contributed by atoms with Crippen LogP contribution in [0.4, 0.5) is 5.69 Å². The SMILES string of the molecule is Cc1cnc(C(C)NC(=O)c2sc3nccnc3c2N)s1. The minimum atomic E-state index is -0.224. The summed E-state index contributed by atoms with van der Waals surface area (Å²) < 4.78 is 0. The highest BCUT2D eigenvalue weighted by molar-refractivity contribution is 7.21. The van der Waals surface area contributed by atoms with Crippen LogP contribution in [-0.2, 0) is 0 Å². The molecule has 0 bridgehead atoms. The number of thiophene rings is 1. The Morgan fingerprint density at radius 1 is 1.29 bits per heavy atom. The molecule has 0 aliphatic rings. The average Bonchev–Trinajstić information content (AvgIpc) is 3.04. The number of fused-ring (bicyclic) bond motifs is 1. The van der Waals surface area contributed by atoms with Gasteiger partial charge in [-0.1, -0.05) is 0 Å². The zero-order chi connectivity index (χ0) is 15.0. The van der Waals surface area contributed by atoms with Gasteiger partial charge in [0, 0.05) is 23.5 Å². The molecule has 1 unspecified atom stereocenters. The maximum Gasteiger partial charge on any atom is 0.264 e. The van der Waals surface area contributed by atoms with Crippen LogP contribution in [0.1, 0.15) is 32.5 Å². The molecule has 0 aliphatic carbocycles. The summed E-state index contributed by atoms with van der Waals surface area (Å²) in [5, 5.41) is 3.78. The van der Waals surface area contributed by atoms with E-state index in [2.05, 4.69) is 20.3 Å². The Morgan fingerprint density at radius 3 is 2.71 bits per heavy atom. The fourth-order valence-electron chi connectivity index (χ4n) is 1.91. The highest BCUT2D eigenvalue weighted by Gasteiger charge is 2.20. The second-order valence-electron chi connectivity index (χ2n) is 4.56. The first kappa shape index (κ1) is 13.9. The van der Waals surface area contributed by atoms with Crippen LogP contribution >= 0.6 is 22.7 Å². The molecule has 6 nitrogen and oxygen atoms in total. The van der Waals surface area contributed by atoms with E-state index in [0.717, 1.165) is 9.88 Å². The van der Waals surface area contributed by atoms with Gasteiger partial charge in [-0.05, 0) is 13.8 Å². The maximum absolute atomic E-state index is 12.4. The number of thiazole rings is 1. The Hall–Kier alpha value is -2.06. The first-order valence-corrected chi connectivity index (χ1v) is 7.91. The molecule has 8 heteroatoms. The fraction of sp³-hybridized carbons (Fsp3) is 0.231. The molecule has 0 saturated heterocycles. The Bertz CT molecular complexity index is 810. The van der Waals surface area contributed by atoms with E-state index in [1.165, 1.54) is 11.3 Å². The van der Waals surface area contributed by atoms with E-state index < -0.39 is 0 Å². The molecule has 3 aromatic rings. The van der Waals surface area contributed by atoms with Crippen LogP contribution in [0.25, 0.3) is 10.3 Å². The second-order valence-corrected chi connectivity index (χ2v) is 6.82. The summed E-state index contributed by atoms with van der Waals surface area (Å²) in [6, 6.07) is -0.165. The second kappa shape index (κ2) is 5.38. The van der Waals surface area contributed by atoms with Gasteiger partial charge in [-0.2, -0.15) is 0 Å². The van der Waals surface area contributed by atoms with E-state index in [1.807, 2.05) is 13.8 Å². The molecule has 0 spiro atoms. The number of nitrogens with one attached hydrogen (secondary N) is 1. The van der Waals surface area contributed by atoms with Crippen molar-refractivity contribution in [3.8, 4) is 0 Å². The highest BCUT2D eigenvalue weighted by Crippen LogP contribution is 2.31. The smallest absolute Gasteiger partial charge is 0.264 e. The topological polar surface area (TPSA) is 93.8 Å². The normalized spacial score (nSPS) is 12.5. The molecule has 21 heavy (non-hydrogen) atoms. The van der Waals surface area contributed by atoms with Crippen molar-refractivity contribution in [2.45, 2.75) is 19.9 Å². The molecule has 0 aromatic carbocycles. The summed E-state index contributed by atoms with van der Waals surface area (Å²) >= 11 is 2.81. The minimum absolute atomic E-state index is 0.165. The number of nitrogen functional groups attached to an aromatic ring is 1. The molecule has 0 fully saturated rings. The van der Waals surface area contributed by atoms with E-state index in [4.69, 9.17) is 5.73 Å². The summed E-state index contributed by atoms with van der Waals surface area (Å²) in [4.78, 5) is 27.2. The third-order valence-corrected chi connectivity index (χ3v) is 5.12. The Morgan fingerprint density at radius 2 is 2.05 bits per heavy atom. The van der Waals surface area contributed by atoms with Crippen LogP contribution in [0.15, 0.2) is 18.6 Å². The van der Waals surface area contributed by atoms with Gasteiger partial charge in [0.2, 0.25) is 0 Å². The molecule has 108 valence electrons. The van der Waals surface area contributed by atoms with Crippen molar-refractivity contribution < 1.29 is 4.79 Å². The molecule has 1 amide bonds. The number of rotatable bonds is 3. The van der Waals surface area contributed by atoms with E-state index >= 15 is 0 Å². The number of nitrogens with zero attached hydrogens (tertiary/aromatic N) is 3. The summed E-state index contributed by atoms with van der Waals surface area (Å²) in [5.41, 5.74) is 6.94. The summed E-state index contributed by atoms with van der Waals surface area (Å²) in [5.74, 6) is -0.224. The Labute approximate surface area is 129 Å². The quantitative estimate of drug-likeness (QED) is 0.773. The van der Waals surface area contributed by atoms with Crippen LogP contribution in [0.3, 0.4) is 0 Å². The van der Waals surface area contributed by atoms with E-state index in [0.29, 0.717) is 20.9 Å². The number of aromatic nitrogens is 3. The van der Waals surface area contributed by atoms with Gasteiger partial charge < -0.3 is 11.1 Å². The fourth-order valence-corrected chi connectivity index (χ4v) is 3.61. The zero-order valence-electron chi connectivity index (χ0n) is 11.5. The number of hydrogen-bond acceptors (Lipinski definition) is 7. The maximum atomic E-state index is 12.4. The predicted molar refractivity (Wildman–Crippen MR) is 84.6 cm³/mol. The van der Waals surface area contributed by atoms with E-state index in [9.17, 15) is 4.79 Å². The van der Waals surface area contributed by atoms with Crippen LogP contribution in [0.2, 0.25) is 0 Å². The van der Waals surface area contributed by atoms with Gasteiger partial charge in [-0.3, -0.25) is 4.79 Å². The Balaban J connectivity index is 1.85. The van der Waals surface area contributed by atoms with E-state index in [-0.39, 0.29) is 11.9 Å². The van der Waals surface area contributed by atoms with Gasteiger partial charge in [0.05, 0.1) is 11.7 Å². The molecule has 1 atom stereocenters. The molecule has 3 aromatic heterocycles. The number of carbonyl (C=O) groups is 1. The number of nitrogens with two attached hydrogens (primary N) is 1. The molecule has 0 aliphatic heterocycles. The number of aryl methyl sites for hydroxylation is 1. The summed E-state index contributed by atoms with van der Waals surface area (Å²) in [7, 11) is 0. The summed E-state index contributed by atoms with van der Waals surface area (Å²) in [6.07, 6.45) is 4.94. The van der Waals surface area contributed by atoms with Crippen molar-refractivity contribution in [2.24, 2.45) is 0 Å². The number of carbonyl (C=O) groups excluding carboxylic acids is 1. The molecule has 0 radical (unpaired) electrons. The first-order chi connectivity index (χ1) is 10.1. The molecule has 3 heterocycles. The molecule has 3 rings (SSSR count). The highest BCUT2D eigenvalue weighted by atomic mass is 32.1. The molecular weight excluding hydrogens is 306 g/mol. The molecular formula is C13H13N5OS2. The van der Waals surface area contributed by atoms with Gasteiger partial charge in [0.15, 0.2) is 0 Å². The number of amides is 1. The lowest BCUT2D eigenvalue weighted by atomic mass is 10.3. The lowest BCUT2D eigenvalue weighted by Gasteiger charge is -2.10. The van der Waals surface area contributed by atoms with Crippen molar-refractivity contribution >= 4 is 44.6 Å². The average molecular weight is 319 g/mol. The molecule has 0 saturated carbocycles. The Kier molecular flexibility index (Phi) is 3.56. The van der Waals surface area contributed by atoms with Crippen LogP contribution in [0, 0.1) is 6.92 Å². The zero-order valence-corrected chi connectivity index (χ0v) is 13.1. The largest absolute Gasteiger partial charge is 0.396 e. The van der Waals surface area contributed by atoms with Gasteiger partial charge in [-0.15, -0.1) is 22.7 Å². The first-order valence-electron chi connectivity index (χ1n) is 6.28. The number of anilines is 1. The van der Waals surface area contributed by atoms with E-state index in [1.54, 1.807) is 29.9 Å². The lowest BCUT2D eigenvalue weighted by Crippen LogP contribution is -2.26. The van der Waals surface area contributed by atoms with Gasteiger partial charge in [-0.25, -0.2) is 15.0 Å². The molecule has 3 N–H and O–H groups in total. The monoisotopic (exact) mass is 319 g/mol. The van der Waals surface area contributed by atoms with Crippen LogP contribution < -0.4 is 11.1 Å². The van der Waals surface area contributed by atoms with Gasteiger partial charge in [0.1, 0.15) is 20.2 Å². The van der Waals surface area contributed by atoms with Crippen molar-refractivity contribution in [3.05, 3.63) is 33.4 Å². The van der Waals surface area contributed by atoms with Gasteiger partial charge >= 0.3 is 0 Å². The van der Waals surface area contributed by atoms with Gasteiger partial charge in [0.25, 0.3) is 5.91 Å². The predicted octanol–water partition coefficient (Wildman–Crippen LogP) is 2.53. The third-order valence-electron chi connectivity index (χ3n) is 2.93.